The van der Waals surface area contributed by atoms with E-state index in [0.29, 0.717) is 0 Å². The van der Waals surface area contributed by atoms with Gasteiger partial charge in [-0.05, 0) is 41.5 Å². The van der Waals surface area contributed by atoms with Gasteiger partial charge in [-0.3, -0.25) is 0 Å². The van der Waals surface area contributed by atoms with Crippen LogP contribution < -0.4 is 0 Å². The summed E-state index contributed by atoms with van der Waals surface area (Å²) in [7, 11) is 0. The predicted molar refractivity (Wildman–Crippen MR) is 116 cm³/mol. The van der Waals surface area contributed by atoms with Crippen LogP contribution in [0, 0.1) is 6.92 Å². The van der Waals surface area contributed by atoms with Crippen LogP contribution in [0.5, 0.6) is 0 Å². The van der Waals surface area contributed by atoms with Crippen molar-refractivity contribution in [1.82, 2.24) is 15.0 Å². The summed E-state index contributed by atoms with van der Waals surface area (Å²) in [6, 6.07) is 31.4. The average Bonchev–Trinajstić information content (AvgIpc) is 3.17. The zero-order chi connectivity index (χ0) is 18.9. The molecule has 0 saturated carbocycles. The van der Waals surface area contributed by atoms with Crippen molar-refractivity contribution >= 4 is 33.6 Å². The van der Waals surface area contributed by atoms with Gasteiger partial charge in [0.25, 0.3) is 0 Å². The molecule has 0 atom stereocenters. The quantitative estimate of drug-likeness (QED) is 0.372. The van der Waals surface area contributed by atoms with E-state index in [1.54, 1.807) is 0 Å². The molecule has 5 rings (SSSR count). The van der Waals surface area contributed by atoms with Crippen LogP contribution in [0.15, 0.2) is 91.0 Å². The number of aromatic nitrogens is 3. The average molecular weight is 361 g/mol. The first kappa shape index (κ1) is 16.5. The molecule has 0 saturated heterocycles. The van der Waals surface area contributed by atoms with Crippen LogP contribution in [0.3, 0.4) is 0 Å². The number of benzene rings is 4. The molecule has 134 valence electrons. The molecule has 0 bridgehead atoms. The summed E-state index contributed by atoms with van der Waals surface area (Å²) in [4.78, 5) is 0. The first-order valence-electron chi connectivity index (χ1n) is 9.37. The topological polar surface area (TPSA) is 30.7 Å². The van der Waals surface area contributed by atoms with Crippen LogP contribution in [-0.4, -0.2) is 15.0 Å². The number of para-hydroxylation sites is 1. The van der Waals surface area contributed by atoms with Crippen molar-refractivity contribution in [2.45, 2.75) is 6.92 Å². The van der Waals surface area contributed by atoms with Crippen LogP contribution in [0.25, 0.3) is 33.6 Å². The number of hydrogen-bond acceptors (Lipinski definition) is 2. The van der Waals surface area contributed by atoms with Crippen LogP contribution in [0.2, 0.25) is 0 Å². The van der Waals surface area contributed by atoms with E-state index in [2.05, 4.69) is 96.1 Å². The summed E-state index contributed by atoms with van der Waals surface area (Å²) in [6.45, 7) is 2.10. The SMILES string of the molecule is Cc1ccc(C(=Cc2cccc3ccccc23)n2nnc3ccccc32)cc1. The van der Waals surface area contributed by atoms with Gasteiger partial charge in [-0.2, -0.15) is 0 Å². The predicted octanol–water partition coefficient (Wildman–Crippen LogP) is 5.94. The molecule has 1 heterocycles. The van der Waals surface area contributed by atoms with E-state index in [0.717, 1.165) is 27.9 Å². The molecule has 0 amide bonds. The molecule has 3 nitrogen and oxygen atoms in total. The van der Waals surface area contributed by atoms with Gasteiger partial charge in [-0.15, -0.1) is 5.10 Å². The van der Waals surface area contributed by atoms with Crippen LogP contribution in [0.4, 0.5) is 0 Å². The maximum absolute atomic E-state index is 4.47. The Bertz CT molecular complexity index is 1310. The summed E-state index contributed by atoms with van der Waals surface area (Å²) < 4.78 is 1.93. The molecular weight excluding hydrogens is 342 g/mol. The normalized spacial score (nSPS) is 12.0. The first-order chi connectivity index (χ1) is 13.8. The molecule has 0 aliphatic heterocycles. The maximum Gasteiger partial charge on any atom is 0.113 e. The highest BCUT2D eigenvalue weighted by atomic mass is 15.4. The van der Waals surface area contributed by atoms with Crippen molar-refractivity contribution in [3.05, 3.63) is 108 Å². The molecule has 28 heavy (non-hydrogen) atoms. The third-order valence-electron chi connectivity index (χ3n) is 5.04. The Kier molecular flexibility index (Phi) is 3.99. The second-order valence-electron chi connectivity index (χ2n) is 6.95. The van der Waals surface area contributed by atoms with Gasteiger partial charge in [0.15, 0.2) is 0 Å². The Morgan fingerprint density at radius 2 is 1.54 bits per heavy atom. The molecule has 5 aromatic rings. The number of nitrogens with zero attached hydrogens (tertiary/aromatic N) is 3. The van der Waals surface area contributed by atoms with Crippen LogP contribution in [0.1, 0.15) is 16.7 Å². The van der Waals surface area contributed by atoms with Gasteiger partial charge < -0.3 is 0 Å². The fraction of sp³-hybridized carbons (Fsp3) is 0.0400. The van der Waals surface area contributed by atoms with Gasteiger partial charge in [-0.1, -0.05) is 89.6 Å². The smallest absolute Gasteiger partial charge is 0.113 e. The Balaban J connectivity index is 1.79. The summed E-state index contributed by atoms with van der Waals surface area (Å²) in [6.07, 6.45) is 2.20. The van der Waals surface area contributed by atoms with Gasteiger partial charge >= 0.3 is 0 Å². The van der Waals surface area contributed by atoms with Gasteiger partial charge in [0, 0.05) is 5.56 Å². The van der Waals surface area contributed by atoms with Gasteiger partial charge in [-0.25, -0.2) is 4.68 Å². The van der Waals surface area contributed by atoms with E-state index in [4.69, 9.17) is 0 Å². The molecule has 0 fully saturated rings. The molecule has 0 N–H and O–H groups in total. The van der Waals surface area contributed by atoms with Crippen LogP contribution in [-0.2, 0) is 0 Å². The van der Waals surface area contributed by atoms with Crippen molar-refractivity contribution in [1.29, 1.82) is 0 Å². The summed E-state index contributed by atoms with van der Waals surface area (Å²) in [5, 5.41) is 11.3. The van der Waals surface area contributed by atoms with Crippen LogP contribution >= 0.6 is 0 Å². The lowest BCUT2D eigenvalue weighted by Crippen LogP contribution is -2.01. The van der Waals surface area contributed by atoms with Gasteiger partial charge in [0.05, 0.1) is 11.2 Å². The highest BCUT2D eigenvalue weighted by Crippen LogP contribution is 2.27. The van der Waals surface area contributed by atoms with Gasteiger partial charge in [0.1, 0.15) is 5.52 Å². The number of rotatable bonds is 3. The maximum atomic E-state index is 4.47. The molecule has 4 aromatic carbocycles. The molecular formula is C25H19N3. The molecule has 0 spiro atoms. The van der Waals surface area contributed by atoms with Crippen molar-refractivity contribution in [3.8, 4) is 0 Å². The second kappa shape index (κ2) is 6.78. The van der Waals surface area contributed by atoms with E-state index in [9.17, 15) is 0 Å². The largest absolute Gasteiger partial charge is 0.212 e. The van der Waals surface area contributed by atoms with Crippen molar-refractivity contribution in [3.63, 3.8) is 0 Å². The molecule has 0 radical (unpaired) electrons. The molecule has 3 heteroatoms. The van der Waals surface area contributed by atoms with Crippen molar-refractivity contribution < 1.29 is 0 Å². The number of aryl methyl sites for hydroxylation is 1. The lowest BCUT2D eigenvalue weighted by Gasteiger charge is -2.11. The summed E-state index contributed by atoms with van der Waals surface area (Å²) >= 11 is 0. The highest BCUT2D eigenvalue weighted by molar-refractivity contribution is 5.96. The van der Waals surface area contributed by atoms with E-state index in [-0.39, 0.29) is 0 Å². The Hall–Kier alpha value is -3.72. The minimum absolute atomic E-state index is 0.887. The second-order valence-corrected chi connectivity index (χ2v) is 6.95. The van der Waals surface area contributed by atoms with Crippen molar-refractivity contribution in [2.24, 2.45) is 0 Å². The first-order valence-corrected chi connectivity index (χ1v) is 9.37. The fourth-order valence-electron chi connectivity index (χ4n) is 3.56. The van der Waals surface area contributed by atoms with E-state index in [1.807, 2.05) is 22.9 Å². The van der Waals surface area contributed by atoms with Gasteiger partial charge in [0.2, 0.25) is 0 Å². The molecule has 0 unspecified atom stereocenters. The Morgan fingerprint density at radius 1 is 0.786 bits per heavy atom. The van der Waals surface area contributed by atoms with Crippen molar-refractivity contribution in [2.75, 3.05) is 0 Å². The molecule has 1 aromatic heterocycles. The zero-order valence-corrected chi connectivity index (χ0v) is 15.6. The highest BCUT2D eigenvalue weighted by Gasteiger charge is 2.12. The lowest BCUT2D eigenvalue weighted by molar-refractivity contribution is 0.843. The van der Waals surface area contributed by atoms with E-state index in [1.165, 1.54) is 16.3 Å². The minimum atomic E-state index is 0.887. The number of hydrogen-bond donors (Lipinski definition) is 0. The summed E-state index contributed by atoms with van der Waals surface area (Å²) in [5.41, 5.74) is 6.39. The molecule has 0 aliphatic rings. The summed E-state index contributed by atoms with van der Waals surface area (Å²) in [5.74, 6) is 0. The lowest BCUT2D eigenvalue weighted by atomic mass is 10.0. The fourth-order valence-corrected chi connectivity index (χ4v) is 3.56. The van der Waals surface area contributed by atoms with E-state index < -0.39 is 0 Å². The third kappa shape index (κ3) is 2.87. The monoisotopic (exact) mass is 361 g/mol. The third-order valence-corrected chi connectivity index (χ3v) is 5.04. The zero-order valence-electron chi connectivity index (χ0n) is 15.6. The Morgan fingerprint density at radius 3 is 2.43 bits per heavy atom. The minimum Gasteiger partial charge on any atom is -0.212 e. The standard InChI is InChI=1S/C25H19N3/c1-18-13-15-20(16-14-18)25(28-24-12-5-4-11-23(24)26-27-28)17-21-9-6-8-19-7-2-3-10-22(19)21/h2-17H,1H3. The number of fused-ring (bicyclic) bond motifs is 2. The van der Waals surface area contributed by atoms with E-state index >= 15 is 0 Å². The Labute approximate surface area is 163 Å². The molecule has 0 aliphatic carbocycles.